The molecule has 0 aliphatic heterocycles. The average molecular weight is 281 g/mol. The monoisotopic (exact) mass is 281 g/mol. The molecule has 19 heavy (non-hydrogen) atoms. The zero-order valence-corrected chi connectivity index (χ0v) is 11.5. The molecule has 2 N–H and O–H groups in total. The standard InChI is InChI=1S/C14H16FNO2S/c1-17-14-5-4-10(7-12(14)15)13(16)9-19-8-11-3-2-6-18-11/h2-7,13H,8-9,16H2,1H3. The number of ether oxygens (including phenoxy) is 1. The Morgan fingerprint density at radius 3 is 2.89 bits per heavy atom. The summed E-state index contributed by atoms with van der Waals surface area (Å²) in [6, 6.07) is 8.39. The summed E-state index contributed by atoms with van der Waals surface area (Å²) in [5.74, 6) is 2.23. The molecule has 1 unspecified atom stereocenters. The molecule has 0 fully saturated rings. The normalized spacial score (nSPS) is 12.4. The van der Waals surface area contributed by atoms with Crippen LogP contribution in [0.2, 0.25) is 0 Å². The van der Waals surface area contributed by atoms with Crippen LogP contribution in [0.1, 0.15) is 17.4 Å². The Kier molecular flexibility index (Phi) is 4.87. The first-order valence-corrected chi connectivity index (χ1v) is 7.05. The van der Waals surface area contributed by atoms with Crippen molar-refractivity contribution in [2.24, 2.45) is 5.73 Å². The van der Waals surface area contributed by atoms with Gasteiger partial charge in [0, 0.05) is 11.8 Å². The van der Waals surface area contributed by atoms with Crippen molar-refractivity contribution >= 4 is 11.8 Å². The van der Waals surface area contributed by atoms with Crippen molar-refractivity contribution in [2.45, 2.75) is 11.8 Å². The lowest BCUT2D eigenvalue weighted by atomic mass is 10.1. The predicted molar refractivity (Wildman–Crippen MR) is 74.8 cm³/mol. The third-order valence-corrected chi connectivity index (χ3v) is 3.81. The van der Waals surface area contributed by atoms with E-state index in [9.17, 15) is 4.39 Å². The van der Waals surface area contributed by atoms with Gasteiger partial charge in [-0.3, -0.25) is 0 Å². The molecule has 0 spiro atoms. The van der Waals surface area contributed by atoms with Gasteiger partial charge in [-0.1, -0.05) is 6.07 Å². The van der Waals surface area contributed by atoms with Gasteiger partial charge < -0.3 is 14.9 Å². The molecule has 0 saturated heterocycles. The molecule has 0 aliphatic carbocycles. The van der Waals surface area contributed by atoms with Crippen LogP contribution in [0.15, 0.2) is 41.0 Å². The van der Waals surface area contributed by atoms with Gasteiger partial charge in [-0.25, -0.2) is 4.39 Å². The largest absolute Gasteiger partial charge is 0.494 e. The van der Waals surface area contributed by atoms with Gasteiger partial charge in [-0.15, -0.1) is 0 Å². The van der Waals surface area contributed by atoms with Crippen LogP contribution in [-0.4, -0.2) is 12.9 Å². The molecule has 0 bridgehead atoms. The summed E-state index contributed by atoms with van der Waals surface area (Å²) < 4.78 is 23.7. The number of thioether (sulfide) groups is 1. The lowest BCUT2D eigenvalue weighted by Crippen LogP contribution is -2.13. The maximum absolute atomic E-state index is 13.6. The zero-order chi connectivity index (χ0) is 13.7. The third-order valence-electron chi connectivity index (χ3n) is 2.73. The third kappa shape index (κ3) is 3.75. The summed E-state index contributed by atoms with van der Waals surface area (Å²) in [5.41, 5.74) is 6.80. The van der Waals surface area contributed by atoms with Gasteiger partial charge in [0.05, 0.1) is 19.1 Å². The van der Waals surface area contributed by atoms with Crippen molar-refractivity contribution in [1.82, 2.24) is 0 Å². The van der Waals surface area contributed by atoms with Crippen LogP contribution in [0.5, 0.6) is 5.75 Å². The van der Waals surface area contributed by atoms with Gasteiger partial charge in [0.1, 0.15) is 5.76 Å². The fraction of sp³-hybridized carbons (Fsp3) is 0.286. The van der Waals surface area contributed by atoms with E-state index < -0.39 is 0 Å². The molecule has 0 saturated carbocycles. The van der Waals surface area contributed by atoms with Crippen LogP contribution in [0.3, 0.4) is 0 Å². The number of rotatable bonds is 6. The highest BCUT2D eigenvalue weighted by Crippen LogP contribution is 2.24. The minimum absolute atomic E-state index is 0.208. The Morgan fingerprint density at radius 1 is 1.42 bits per heavy atom. The minimum Gasteiger partial charge on any atom is -0.494 e. The Hall–Kier alpha value is -1.46. The number of halogens is 1. The van der Waals surface area contributed by atoms with Crippen LogP contribution in [-0.2, 0) is 5.75 Å². The molecule has 2 aromatic rings. The van der Waals surface area contributed by atoms with E-state index in [0.717, 1.165) is 17.1 Å². The highest BCUT2D eigenvalue weighted by atomic mass is 32.2. The second-order valence-electron chi connectivity index (χ2n) is 4.09. The molecule has 1 atom stereocenters. The van der Waals surface area contributed by atoms with E-state index in [1.165, 1.54) is 13.2 Å². The molecule has 0 amide bonds. The molecule has 0 aliphatic rings. The highest BCUT2D eigenvalue weighted by molar-refractivity contribution is 7.98. The van der Waals surface area contributed by atoms with Gasteiger partial charge in [0.25, 0.3) is 0 Å². The van der Waals surface area contributed by atoms with E-state index >= 15 is 0 Å². The Bertz CT molecular complexity index is 516. The smallest absolute Gasteiger partial charge is 0.165 e. The van der Waals surface area contributed by atoms with Gasteiger partial charge in [-0.05, 0) is 29.8 Å². The number of hydrogen-bond acceptors (Lipinski definition) is 4. The Labute approximate surface area is 115 Å². The van der Waals surface area contributed by atoms with Crippen molar-refractivity contribution in [3.8, 4) is 5.75 Å². The van der Waals surface area contributed by atoms with Gasteiger partial charge in [0.2, 0.25) is 0 Å². The van der Waals surface area contributed by atoms with Crippen LogP contribution < -0.4 is 10.5 Å². The van der Waals surface area contributed by atoms with Gasteiger partial charge >= 0.3 is 0 Å². The fourth-order valence-corrected chi connectivity index (χ4v) is 2.62. The topological polar surface area (TPSA) is 48.4 Å². The molecule has 0 radical (unpaired) electrons. The molecule has 102 valence electrons. The average Bonchev–Trinajstić information content (AvgIpc) is 2.91. The fourth-order valence-electron chi connectivity index (χ4n) is 1.69. The molecule has 2 rings (SSSR count). The summed E-state index contributed by atoms with van der Waals surface area (Å²) in [7, 11) is 1.44. The summed E-state index contributed by atoms with van der Waals surface area (Å²) >= 11 is 1.66. The van der Waals surface area contributed by atoms with Gasteiger partial charge in [-0.2, -0.15) is 11.8 Å². The van der Waals surface area contributed by atoms with Crippen molar-refractivity contribution < 1.29 is 13.5 Å². The van der Waals surface area contributed by atoms with E-state index in [1.807, 2.05) is 12.1 Å². The van der Waals surface area contributed by atoms with Crippen molar-refractivity contribution in [3.05, 3.63) is 53.7 Å². The Balaban J connectivity index is 1.88. The van der Waals surface area contributed by atoms with Crippen LogP contribution in [0.4, 0.5) is 4.39 Å². The number of benzene rings is 1. The first-order valence-electron chi connectivity index (χ1n) is 5.90. The number of hydrogen-bond donors (Lipinski definition) is 1. The number of furan rings is 1. The minimum atomic E-state index is -0.383. The van der Waals surface area contributed by atoms with Crippen molar-refractivity contribution in [3.63, 3.8) is 0 Å². The lowest BCUT2D eigenvalue weighted by Gasteiger charge is -2.12. The van der Waals surface area contributed by atoms with E-state index in [2.05, 4.69) is 0 Å². The molecule has 1 aromatic carbocycles. The molecular weight excluding hydrogens is 265 g/mol. The first kappa shape index (κ1) is 14.0. The van der Waals surface area contributed by atoms with Crippen LogP contribution >= 0.6 is 11.8 Å². The maximum atomic E-state index is 13.6. The molecule has 5 heteroatoms. The summed E-state index contributed by atoms with van der Waals surface area (Å²) in [6.07, 6.45) is 1.65. The summed E-state index contributed by atoms with van der Waals surface area (Å²) in [6.45, 7) is 0. The lowest BCUT2D eigenvalue weighted by molar-refractivity contribution is 0.386. The van der Waals surface area contributed by atoms with E-state index in [1.54, 1.807) is 30.2 Å². The summed E-state index contributed by atoms with van der Waals surface area (Å²) in [4.78, 5) is 0. The second kappa shape index (κ2) is 6.63. The zero-order valence-electron chi connectivity index (χ0n) is 10.6. The molecular formula is C14H16FNO2S. The number of methoxy groups -OCH3 is 1. The Morgan fingerprint density at radius 2 is 2.26 bits per heavy atom. The van der Waals surface area contributed by atoms with Crippen LogP contribution in [0.25, 0.3) is 0 Å². The summed E-state index contributed by atoms with van der Waals surface area (Å²) in [5, 5.41) is 0. The van der Waals surface area contributed by atoms with E-state index in [4.69, 9.17) is 14.9 Å². The second-order valence-corrected chi connectivity index (χ2v) is 5.13. The maximum Gasteiger partial charge on any atom is 0.165 e. The first-order chi connectivity index (χ1) is 9.20. The van der Waals surface area contributed by atoms with Crippen molar-refractivity contribution in [1.29, 1.82) is 0 Å². The predicted octanol–water partition coefficient (Wildman–Crippen LogP) is 3.36. The highest BCUT2D eigenvalue weighted by Gasteiger charge is 2.10. The number of nitrogens with two attached hydrogens (primary N) is 1. The molecule has 1 heterocycles. The van der Waals surface area contributed by atoms with Crippen LogP contribution in [0, 0.1) is 5.82 Å². The molecule has 1 aromatic heterocycles. The van der Waals surface area contributed by atoms with E-state index in [-0.39, 0.29) is 17.6 Å². The van der Waals surface area contributed by atoms with Gasteiger partial charge in [0.15, 0.2) is 11.6 Å². The quantitative estimate of drug-likeness (QED) is 0.882. The SMILES string of the molecule is COc1ccc(C(N)CSCc2ccco2)cc1F. The van der Waals surface area contributed by atoms with E-state index in [0.29, 0.717) is 5.75 Å². The van der Waals surface area contributed by atoms with Crippen molar-refractivity contribution in [2.75, 3.05) is 12.9 Å². The molecule has 3 nitrogen and oxygen atoms in total.